The highest BCUT2D eigenvalue weighted by Gasteiger charge is 2.35. The van der Waals surface area contributed by atoms with Gasteiger partial charge in [0.1, 0.15) is 6.29 Å². The van der Waals surface area contributed by atoms with Crippen LogP contribution in [-0.2, 0) is 13.6 Å². The van der Waals surface area contributed by atoms with Crippen LogP contribution in [0.5, 0.6) is 0 Å². The summed E-state index contributed by atoms with van der Waals surface area (Å²) in [6.45, 7) is 12.4. The molecule has 316 valence electrons. The maximum Gasteiger partial charge on any atom is 0.333 e. The van der Waals surface area contributed by atoms with Crippen molar-refractivity contribution in [3.05, 3.63) is 24.3 Å². The van der Waals surface area contributed by atoms with Crippen LogP contribution in [0.25, 0.3) is 0 Å². The fraction of sp³-hybridized carbons (Fsp3) is 0.878. The lowest BCUT2D eigenvalue weighted by Gasteiger charge is -2.29. The highest BCUT2D eigenvalue weighted by atomic mass is 28.4. The SMILES string of the molecule is C#CCN(C)CCCCCCO[Si](C)(C)OC(CCCCCCC/C=C\C/C=C\CCCCC)OCCCCCCCCC1CC1CCCCCCCC. The van der Waals surface area contributed by atoms with E-state index in [1.165, 1.54) is 173 Å². The van der Waals surface area contributed by atoms with Crippen LogP contribution in [0, 0.1) is 24.2 Å². The van der Waals surface area contributed by atoms with E-state index in [2.05, 4.69) is 69.1 Å². The molecule has 0 aromatic rings. The molecule has 1 aliphatic rings. The van der Waals surface area contributed by atoms with Gasteiger partial charge in [-0.25, -0.2) is 0 Å². The molecular weight excluding hydrogens is 679 g/mol. The zero-order valence-electron chi connectivity index (χ0n) is 37.0. The Labute approximate surface area is 340 Å². The van der Waals surface area contributed by atoms with Crippen LogP contribution in [0.15, 0.2) is 24.3 Å². The predicted octanol–water partition coefficient (Wildman–Crippen LogP) is 15.1. The van der Waals surface area contributed by atoms with Crippen LogP contribution >= 0.6 is 0 Å². The van der Waals surface area contributed by atoms with Crippen LogP contribution in [0.4, 0.5) is 0 Å². The third kappa shape index (κ3) is 34.4. The first kappa shape index (κ1) is 51.1. The summed E-state index contributed by atoms with van der Waals surface area (Å²) >= 11 is 0. The summed E-state index contributed by atoms with van der Waals surface area (Å²) in [5, 5.41) is 0. The molecule has 3 unspecified atom stereocenters. The number of terminal acetylenes is 1. The van der Waals surface area contributed by atoms with E-state index in [4.69, 9.17) is 20.0 Å². The second-order valence-electron chi connectivity index (χ2n) is 17.3. The molecule has 4 nitrogen and oxygen atoms in total. The van der Waals surface area contributed by atoms with Crippen molar-refractivity contribution in [3.8, 4) is 12.3 Å². The number of allylic oxidation sites excluding steroid dienone is 4. The molecule has 0 spiro atoms. The van der Waals surface area contributed by atoms with Gasteiger partial charge in [-0.05, 0) is 109 Å². The minimum absolute atomic E-state index is 0.126. The summed E-state index contributed by atoms with van der Waals surface area (Å²) in [5.41, 5.74) is 0. The van der Waals surface area contributed by atoms with E-state index >= 15 is 0 Å². The topological polar surface area (TPSA) is 30.9 Å². The first-order valence-corrected chi connectivity index (χ1v) is 26.6. The summed E-state index contributed by atoms with van der Waals surface area (Å²) < 4.78 is 19.5. The van der Waals surface area contributed by atoms with Gasteiger partial charge in [0.2, 0.25) is 0 Å². The first-order chi connectivity index (χ1) is 26.4. The molecule has 0 saturated heterocycles. The van der Waals surface area contributed by atoms with Gasteiger partial charge in [0, 0.05) is 13.2 Å². The summed E-state index contributed by atoms with van der Waals surface area (Å²) in [5.74, 6) is 4.87. The van der Waals surface area contributed by atoms with E-state index in [9.17, 15) is 0 Å². The summed E-state index contributed by atoms with van der Waals surface area (Å²) in [6.07, 6.45) is 55.4. The molecule has 0 amide bonds. The van der Waals surface area contributed by atoms with Gasteiger partial charge in [-0.1, -0.05) is 172 Å². The van der Waals surface area contributed by atoms with Crippen molar-refractivity contribution >= 4 is 8.56 Å². The zero-order valence-corrected chi connectivity index (χ0v) is 38.0. The molecule has 0 heterocycles. The maximum atomic E-state index is 6.64. The minimum Gasteiger partial charge on any atom is -0.394 e. The largest absolute Gasteiger partial charge is 0.394 e. The second kappa shape index (κ2) is 37.7. The molecule has 1 rings (SSSR count). The number of hydrogen-bond donors (Lipinski definition) is 0. The van der Waals surface area contributed by atoms with Crippen LogP contribution < -0.4 is 0 Å². The monoisotopic (exact) mass is 772 g/mol. The third-order valence-corrected chi connectivity index (χ3v) is 13.1. The molecule has 0 aromatic carbocycles. The highest BCUT2D eigenvalue weighted by Crippen LogP contribution is 2.45. The highest BCUT2D eigenvalue weighted by molar-refractivity contribution is 6.64. The van der Waals surface area contributed by atoms with Crippen molar-refractivity contribution in [2.75, 3.05) is 33.4 Å². The van der Waals surface area contributed by atoms with Crippen LogP contribution in [0.1, 0.15) is 213 Å². The lowest BCUT2D eigenvalue weighted by Crippen LogP contribution is -2.40. The molecule has 1 aliphatic carbocycles. The average Bonchev–Trinajstić information content (AvgIpc) is 3.91. The van der Waals surface area contributed by atoms with Crippen molar-refractivity contribution in [3.63, 3.8) is 0 Å². The fourth-order valence-electron chi connectivity index (χ4n) is 7.67. The Morgan fingerprint density at radius 3 is 1.76 bits per heavy atom. The molecule has 0 N–H and O–H groups in total. The maximum absolute atomic E-state index is 6.64. The molecule has 3 atom stereocenters. The number of unbranched alkanes of at least 4 members (excludes halogenated alkanes) is 21. The summed E-state index contributed by atoms with van der Waals surface area (Å²) in [4.78, 5) is 2.22. The molecule has 1 fully saturated rings. The molecule has 0 radical (unpaired) electrons. The van der Waals surface area contributed by atoms with Gasteiger partial charge < -0.3 is 13.6 Å². The van der Waals surface area contributed by atoms with E-state index in [1.54, 1.807) is 0 Å². The third-order valence-electron chi connectivity index (χ3n) is 11.3. The lowest BCUT2D eigenvalue weighted by atomic mass is 10.0. The molecule has 0 aliphatic heterocycles. The Hall–Kier alpha value is -0.903. The Morgan fingerprint density at radius 1 is 0.630 bits per heavy atom. The molecular formula is C49H93NO3Si. The second-order valence-corrected chi connectivity index (χ2v) is 20.6. The van der Waals surface area contributed by atoms with E-state index in [1.807, 2.05) is 0 Å². The molecule has 54 heavy (non-hydrogen) atoms. The van der Waals surface area contributed by atoms with Gasteiger partial charge in [0.15, 0.2) is 0 Å². The van der Waals surface area contributed by atoms with Crippen molar-refractivity contribution in [1.82, 2.24) is 4.90 Å². The first-order valence-electron chi connectivity index (χ1n) is 23.8. The Bertz CT molecular complexity index is 898. The van der Waals surface area contributed by atoms with E-state index in [-0.39, 0.29) is 6.29 Å². The van der Waals surface area contributed by atoms with Gasteiger partial charge in [0.25, 0.3) is 0 Å². The van der Waals surface area contributed by atoms with Gasteiger partial charge in [0.05, 0.1) is 6.54 Å². The average molecular weight is 772 g/mol. The van der Waals surface area contributed by atoms with E-state index in [0.29, 0.717) is 0 Å². The van der Waals surface area contributed by atoms with Crippen LogP contribution in [-0.4, -0.2) is 53.1 Å². The fourth-order valence-corrected chi connectivity index (χ4v) is 9.20. The van der Waals surface area contributed by atoms with Gasteiger partial charge in [-0.2, -0.15) is 0 Å². The van der Waals surface area contributed by atoms with Crippen LogP contribution in [0.2, 0.25) is 13.1 Å². The summed E-state index contributed by atoms with van der Waals surface area (Å²) in [7, 11) is -0.153. The van der Waals surface area contributed by atoms with E-state index in [0.717, 1.165) is 63.8 Å². The Kier molecular flexibility index (Phi) is 35.6. The summed E-state index contributed by atoms with van der Waals surface area (Å²) in [6, 6.07) is 0. The number of rotatable bonds is 42. The van der Waals surface area contributed by atoms with Crippen LogP contribution in [0.3, 0.4) is 0 Å². The Morgan fingerprint density at radius 2 is 1.13 bits per heavy atom. The quantitative estimate of drug-likeness (QED) is 0.0203. The number of ether oxygens (including phenoxy) is 1. The lowest BCUT2D eigenvalue weighted by molar-refractivity contribution is -0.104. The normalized spacial score (nSPS) is 16.6. The van der Waals surface area contributed by atoms with E-state index < -0.39 is 8.56 Å². The molecule has 1 saturated carbocycles. The van der Waals surface area contributed by atoms with Gasteiger partial charge in [-0.15, -0.1) is 6.42 Å². The Balaban J connectivity index is 2.24. The minimum atomic E-state index is -2.25. The smallest absolute Gasteiger partial charge is 0.333 e. The molecule has 0 bridgehead atoms. The van der Waals surface area contributed by atoms with Crippen molar-refractivity contribution in [2.24, 2.45) is 11.8 Å². The standard InChI is InChI=1S/C49H93NO3Si/c1-7-10-12-14-16-17-18-19-20-21-22-23-24-29-35-41-49(53-54(5,6)52-45-38-32-30-36-43-50(4)42-9-3)51-44-37-31-26-25-28-34-40-48-46-47(48)39-33-27-15-13-11-8-2/h3,16-17,19-20,47-49H,7-8,10-15,18,21-46H2,1-2,4-6H3/b17-16-,20-19-. The zero-order chi connectivity index (χ0) is 39.2. The predicted molar refractivity (Wildman–Crippen MR) is 240 cm³/mol. The number of nitrogens with zero attached hydrogens (tertiary/aromatic N) is 1. The van der Waals surface area contributed by atoms with Crippen molar-refractivity contribution < 1.29 is 13.6 Å². The van der Waals surface area contributed by atoms with Crippen molar-refractivity contribution in [2.45, 2.75) is 232 Å². The van der Waals surface area contributed by atoms with Crippen molar-refractivity contribution in [1.29, 1.82) is 0 Å². The van der Waals surface area contributed by atoms with Gasteiger partial charge >= 0.3 is 8.56 Å². The van der Waals surface area contributed by atoms with Gasteiger partial charge in [-0.3, -0.25) is 4.90 Å². The molecule has 5 heteroatoms. The molecule has 0 aromatic heterocycles. The number of hydrogen-bond acceptors (Lipinski definition) is 4.